The quantitative estimate of drug-likeness (QED) is 0.271. The predicted octanol–water partition coefficient (Wildman–Crippen LogP) is -1.78. The van der Waals surface area contributed by atoms with E-state index in [1.54, 1.807) is 5.32 Å². The van der Waals surface area contributed by atoms with Crippen molar-refractivity contribution in [2.45, 2.75) is 6.23 Å². The average Bonchev–Trinajstić information content (AvgIpc) is 1.87. The Morgan fingerprint density at radius 1 is 1.89 bits per heavy atom. The Morgan fingerprint density at radius 2 is 2.44 bits per heavy atom. The van der Waals surface area contributed by atoms with Crippen LogP contribution >= 0.6 is 0 Å². The fourth-order valence-corrected chi connectivity index (χ4v) is 0.244. The van der Waals surface area contributed by atoms with Crippen molar-refractivity contribution in [3.63, 3.8) is 0 Å². The molecule has 2 N–H and O–H groups in total. The summed E-state index contributed by atoms with van der Waals surface area (Å²) in [5.74, 6) is -0.887. The molecular formula is C4H7NO4. The third-order valence-corrected chi connectivity index (χ3v) is 0.650. The van der Waals surface area contributed by atoms with Crippen molar-refractivity contribution < 1.29 is 19.4 Å². The first-order chi connectivity index (χ1) is 4.22. The number of amides is 1. The van der Waals surface area contributed by atoms with Gasteiger partial charge in [0.15, 0.2) is 0 Å². The SMILES string of the molecule is COC(=O)C(O)NC=O. The van der Waals surface area contributed by atoms with E-state index in [1.165, 1.54) is 0 Å². The van der Waals surface area contributed by atoms with Gasteiger partial charge in [-0.25, -0.2) is 4.79 Å². The molecule has 0 aliphatic carbocycles. The second kappa shape index (κ2) is 3.85. The van der Waals surface area contributed by atoms with Gasteiger partial charge in [0.1, 0.15) is 0 Å². The molecule has 0 radical (unpaired) electrons. The molecule has 5 nitrogen and oxygen atoms in total. The summed E-state index contributed by atoms with van der Waals surface area (Å²) in [6.07, 6.45) is -1.34. The zero-order valence-electron chi connectivity index (χ0n) is 4.83. The van der Waals surface area contributed by atoms with Gasteiger partial charge in [-0.3, -0.25) is 4.79 Å². The summed E-state index contributed by atoms with van der Waals surface area (Å²) in [6.45, 7) is 0. The standard InChI is InChI=1S/C4H7NO4/c1-9-4(8)3(7)5-2-6/h2-3,7H,1H3,(H,5,6). The van der Waals surface area contributed by atoms with Crippen molar-refractivity contribution in [1.29, 1.82) is 0 Å². The van der Waals surface area contributed by atoms with E-state index in [0.29, 0.717) is 0 Å². The Hall–Kier alpha value is -1.10. The largest absolute Gasteiger partial charge is 0.466 e. The van der Waals surface area contributed by atoms with Crippen LogP contribution in [0.3, 0.4) is 0 Å². The Bertz CT molecular complexity index is 113. The molecular weight excluding hydrogens is 126 g/mol. The lowest BCUT2D eigenvalue weighted by Crippen LogP contribution is -2.36. The minimum absolute atomic E-state index is 0.210. The van der Waals surface area contributed by atoms with Crippen molar-refractivity contribution >= 4 is 12.4 Å². The first kappa shape index (κ1) is 7.90. The molecule has 0 aromatic rings. The molecule has 9 heavy (non-hydrogen) atoms. The van der Waals surface area contributed by atoms with Crippen molar-refractivity contribution in [3.05, 3.63) is 0 Å². The monoisotopic (exact) mass is 133 g/mol. The minimum Gasteiger partial charge on any atom is -0.466 e. The molecule has 1 atom stereocenters. The number of hydrogen-bond donors (Lipinski definition) is 2. The summed E-state index contributed by atoms with van der Waals surface area (Å²) in [7, 11) is 1.11. The Labute approximate surface area is 51.6 Å². The topological polar surface area (TPSA) is 75.6 Å². The second-order valence-corrected chi connectivity index (χ2v) is 1.21. The molecule has 52 valence electrons. The van der Waals surface area contributed by atoms with Crippen LogP contribution in [0.5, 0.6) is 0 Å². The number of ether oxygens (including phenoxy) is 1. The van der Waals surface area contributed by atoms with E-state index in [0.717, 1.165) is 7.11 Å². The van der Waals surface area contributed by atoms with Crippen LogP contribution in [0.15, 0.2) is 0 Å². The van der Waals surface area contributed by atoms with Gasteiger partial charge in [0.2, 0.25) is 12.6 Å². The van der Waals surface area contributed by atoms with Crippen LogP contribution in [0.25, 0.3) is 0 Å². The molecule has 5 heteroatoms. The van der Waals surface area contributed by atoms with Gasteiger partial charge in [0.25, 0.3) is 0 Å². The zero-order chi connectivity index (χ0) is 7.28. The summed E-state index contributed by atoms with van der Waals surface area (Å²) < 4.78 is 4.05. The first-order valence-electron chi connectivity index (χ1n) is 2.18. The maximum absolute atomic E-state index is 10.2. The molecule has 0 aliphatic rings. The summed E-state index contributed by atoms with van der Waals surface area (Å²) >= 11 is 0. The molecule has 0 aromatic heterocycles. The van der Waals surface area contributed by atoms with Gasteiger partial charge in [-0.05, 0) is 0 Å². The number of rotatable bonds is 3. The molecule has 0 bridgehead atoms. The van der Waals surface area contributed by atoms with Gasteiger partial charge in [0, 0.05) is 0 Å². The molecule has 0 saturated carbocycles. The summed E-state index contributed by atoms with van der Waals surface area (Å²) in [5, 5.41) is 10.3. The van der Waals surface area contributed by atoms with Crippen LogP contribution in [0.1, 0.15) is 0 Å². The van der Waals surface area contributed by atoms with Crippen molar-refractivity contribution in [3.8, 4) is 0 Å². The van der Waals surface area contributed by atoms with E-state index in [2.05, 4.69) is 4.74 Å². The number of carbonyl (C=O) groups excluding carboxylic acids is 2. The van der Waals surface area contributed by atoms with Gasteiger partial charge in [-0.2, -0.15) is 0 Å². The third-order valence-electron chi connectivity index (χ3n) is 0.650. The predicted molar refractivity (Wildman–Crippen MR) is 27.2 cm³/mol. The molecule has 0 aromatic carbocycles. The van der Waals surface area contributed by atoms with Crippen molar-refractivity contribution in [1.82, 2.24) is 5.32 Å². The number of esters is 1. The highest BCUT2D eigenvalue weighted by atomic mass is 16.5. The highest BCUT2D eigenvalue weighted by Gasteiger charge is 2.12. The average molecular weight is 133 g/mol. The van der Waals surface area contributed by atoms with Crippen LogP contribution in [0.4, 0.5) is 0 Å². The van der Waals surface area contributed by atoms with E-state index < -0.39 is 12.2 Å². The number of hydrogen-bond acceptors (Lipinski definition) is 4. The maximum atomic E-state index is 10.2. The lowest BCUT2D eigenvalue weighted by molar-refractivity contribution is -0.153. The molecule has 1 amide bonds. The van der Waals surface area contributed by atoms with E-state index in [1.807, 2.05) is 0 Å². The molecule has 0 aliphatic heterocycles. The van der Waals surface area contributed by atoms with Gasteiger partial charge < -0.3 is 15.2 Å². The van der Waals surface area contributed by atoms with Gasteiger partial charge in [-0.15, -0.1) is 0 Å². The van der Waals surface area contributed by atoms with Crippen LogP contribution in [-0.4, -0.2) is 30.8 Å². The van der Waals surface area contributed by atoms with E-state index in [-0.39, 0.29) is 6.41 Å². The Kier molecular flexibility index (Phi) is 3.38. The highest BCUT2D eigenvalue weighted by molar-refractivity contribution is 5.76. The smallest absolute Gasteiger partial charge is 0.356 e. The zero-order valence-corrected chi connectivity index (χ0v) is 4.83. The highest BCUT2D eigenvalue weighted by Crippen LogP contribution is 1.77. The van der Waals surface area contributed by atoms with Crippen LogP contribution in [-0.2, 0) is 14.3 Å². The molecule has 1 unspecified atom stereocenters. The summed E-state index contributed by atoms with van der Waals surface area (Å²) in [6, 6.07) is 0. The van der Waals surface area contributed by atoms with E-state index >= 15 is 0 Å². The van der Waals surface area contributed by atoms with Crippen molar-refractivity contribution in [2.24, 2.45) is 0 Å². The summed E-state index contributed by atoms with van der Waals surface area (Å²) in [5.41, 5.74) is 0. The van der Waals surface area contributed by atoms with Crippen molar-refractivity contribution in [2.75, 3.05) is 7.11 Å². The molecule has 0 rings (SSSR count). The van der Waals surface area contributed by atoms with Crippen LogP contribution < -0.4 is 5.32 Å². The van der Waals surface area contributed by atoms with Crippen LogP contribution in [0.2, 0.25) is 0 Å². The molecule has 0 heterocycles. The number of aliphatic hydroxyl groups is 1. The summed E-state index contributed by atoms with van der Waals surface area (Å²) in [4.78, 5) is 19.8. The fourth-order valence-electron chi connectivity index (χ4n) is 0.244. The molecule has 0 fully saturated rings. The van der Waals surface area contributed by atoms with Crippen LogP contribution in [0, 0.1) is 0 Å². The number of carbonyl (C=O) groups is 2. The van der Waals surface area contributed by atoms with E-state index in [4.69, 9.17) is 5.11 Å². The normalized spacial score (nSPS) is 11.8. The van der Waals surface area contributed by atoms with E-state index in [9.17, 15) is 9.59 Å². The molecule has 0 spiro atoms. The number of nitrogens with one attached hydrogen (secondary N) is 1. The Morgan fingerprint density at radius 3 is 2.78 bits per heavy atom. The second-order valence-electron chi connectivity index (χ2n) is 1.21. The molecule has 0 saturated heterocycles. The van der Waals surface area contributed by atoms with Gasteiger partial charge in [0.05, 0.1) is 7.11 Å². The Balaban J connectivity index is 3.58. The van der Waals surface area contributed by atoms with Gasteiger partial charge >= 0.3 is 5.97 Å². The number of aliphatic hydroxyl groups excluding tert-OH is 1. The number of methoxy groups -OCH3 is 1. The fraction of sp³-hybridized carbons (Fsp3) is 0.500. The first-order valence-corrected chi connectivity index (χ1v) is 2.18. The lowest BCUT2D eigenvalue weighted by atomic mass is 10.6. The lowest BCUT2D eigenvalue weighted by Gasteiger charge is -2.03. The third kappa shape index (κ3) is 2.65. The minimum atomic E-state index is -1.55. The van der Waals surface area contributed by atoms with Gasteiger partial charge in [-0.1, -0.05) is 0 Å². The maximum Gasteiger partial charge on any atom is 0.356 e.